The Kier molecular flexibility index (Phi) is 3.88. The van der Waals surface area contributed by atoms with E-state index in [-0.39, 0.29) is 11.6 Å². The molecule has 3 heteroatoms. The monoisotopic (exact) mass is 287 g/mol. The van der Waals surface area contributed by atoms with Gasteiger partial charge in [-0.1, -0.05) is 48.5 Å². The van der Waals surface area contributed by atoms with Crippen LogP contribution in [0, 0.1) is 0 Å². The quantitative estimate of drug-likeness (QED) is 0.631. The number of carbonyl (C=O) groups excluding carboxylic acids is 2. The summed E-state index contributed by atoms with van der Waals surface area (Å²) >= 11 is 0. The van der Waals surface area contributed by atoms with Crippen LogP contribution in [-0.2, 0) is 0 Å². The van der Waals surface area contributed by atoms with Crippen LogP contribution in [0.4, 0.5) is 0 Å². The molecule has 3 aromatic rings. The maximum atomic E-state index is 11.2. The van der Waals surface area contributed by atoms with Crippen molar-refractivity contribution in [1.29, 1.82) is 0 Å². The molecule has 0 spiro atoms. The second-order valence-electron chi connectivity index (χ2n) is 4.80. The van der Waals surface area contributed by atoms with E-state index in [9.17, 15) is 9.59 Å². The van der Waals surface area contributed by atoms with Crippen molar-refractivity contribution in [3.05, 3.63) is 90.1 Å². The summed E-state index contributed by atoms with van der Waals surface area (Å²) in [5.41, 5.74) is 2.07. The van der Waals surface area contributed by atoms with Gasteiger partial charge in [-0.3, -0.25) is 14.6 Å². The average molecular weight is 287 g/mol. The lowest BCUT2D eigenvalue weighted by atomic mass is 9.95. The Morgan fingerprint density at radius 2 is 1.18 bits per heavy atom. The number of nitrogens with zero attached hydrogens (tertiary/aromatic N) is 1. The zero-order valence-corrected chi connectivity index (χ0v) is 11.8. The van der Waals surface area contributed by atoms with Crippen LogP contribution in [0.3, 0.4) is 0 Å². The van der Waals surface area contributed by atoms with Gasteiger partial charge in [0, 0.05) is 22.7 Å². The summed E-state index contributed by atoms with van der Waals surface area (Å²) in [6.45, 7) is 0. The zero-order chi connectivity index (χ0) is 15.4. The van der Waals surface area contributed by atoms with Gasteiger partial charge in [0.1, 0.15) is 0 Å². The Morgan fingerprint density at radius 3 is 1.82 bits per heavy atom. The van der Waals surface area contributed by atoms with E-state index < -0.39 is 0 Å². The van der Waals surface area contributed by atoms with E-state index in [1.165, 1.54) is 17.5 Å². The Bertz CT molecular complexity index is 779. The van der Waals surface area contributed by atoms with Gasteiger partial charge in [0.25, 0.3) is 0 Å². The number of ketones is 2. The summed E-state index contributed by atoms with van der Waals surface area (Å²) < 4.78 is 0. The Balaban J connectivity index is 0.000000133. The molecule has 0 amide bonds. The van der Waals surface area contributed by atoms with Crippen molar-refractivity contribution in [2.75, 3.05) is 0 Å². The molecule has 1 heterocycles. The molecule has 3 nitrogen and oxygen atoms in total. The van der Waals surface area contributed by atoms with Gasteiger partial charge in [-0.15, -0.1) is 0 Å². The molecule has 22 heavy (non-hydrogen) atoms. The van der Waals surface area contributed by atoms with Crippen LogP contribution < -0.4 is 0 Å². The van der Waals surface area contributed by atoms with Crippen LogP contribution >= 0.6 is 0 Å². The fourth-order valence-corrected chi connectivity index (χ4v) is 2.26. The summed E-state index contributed by atoms with van der Waals surface area (Å²) in [4.78, 5) is 26.6. The summed E-state index contributed by atoms with van der Waals surface area (Å²) in [7, 11) is 0. The first-order valence-electron chi connectivity index (χ1n) is 6.91. The largest absolute Gasteiger partial charge is 0.289 e. The third-order valence-corrected chi connectivity index (χ3v) is 3.36. The van der Waals surface area contributed by atoms with Crippen LogP contribution in [0.25, 0.3) is 10.9 Å². The summed E-state index contributed by atoms with van der Waals surface area (Å²) in [6.07, 6.45) is 4.43. The third kappa shape index (κ3) is 2.83. The molecule has 106 valence electrons. The minimum Gasteiger partial charge on any atom is -0.289 e. The minimum absolute atomic E-state index is 0.0924. The van der Waals surface area contributed by atoms with Gasteiger partial charge in [0.2, 0.25) is 0 Å². The van der Waals surface area contributed by atoms with E-state index in [1.807, 2.05) is 30.5 Å². The highest BCUT2D eigenvalue weighted by molar-refractivity contribution is 6.21. The van der Waals surface area contributed by atoms with Crippen molar-refractivity contribution in [2.24, 2.45) is 0 Å². The molecule has 0 bridgehead atoms. The first kappa shape index (κ1) is 13.9. The van der Waals surface area contributed by atoms with Gasteiger partial charge < -0.3 is 0 Å². The standard InChI is InChI=1S/C10H6O2.C9H7N/c11-9-5-6-10(12)8-4-2-1-3-7(8)9;1-2-6-9-8(4-1)5-3-7-10-9/h1-6H;1-7H. The predicted molar refractivity (Wildman–Crippen MR) is 86.0 cm³/mol. The van der Waals surface area contributed by atoms with E-state index in [0.717, 1.165) is 5.52 Å². The fraction of sp³-hybridized carbons (Fsp3) is 0. The van der Waals surface area contributed by atoms with Gasteiger partial charge in [0.15, 0.2) is 11.6 Å². The third-order valence-electron chi connectivity index (χ3n) is 3.36. The summed E-state index contributed by atoms with van der Waals surface area (Å²) in [5, 5.41) is 1.20. The molecule has 0 saturated heterocycles. The van der Waals surface area contributed by atoms with E-state index in [2.05, 4.69) is 17.1 Å². The van der Waals surface area contributed by atoms with Crippen molar-refractivity contribution in [2.45, 2.75) is 0 Å². The van der Waals surface area contributed by atoms with Gasteiger partial charge in [-0.05, 0) is 24.3 Å². The number of rotatable bonds is 0. The highest BCUT2D eigenvalue weighted by Crippen LogP contribution is 2.15. The van der Waals surface area contributed by atoms with Crippen LogP contribution in [0.1, 0.15) is 20.7 Å². The first-order valence-corrected chi connectivity index (χ1v) is 6.91. The number of pyridine rings is 1. The lowest BCUT2D eigenvalue weighted by Gasteiger charge is -2.06. The Morgan fingerprint density at radius 1 is 0.636 bits per heavy atom. The van der Waals surface area contributed by atoms with Gasteiger partial charge >= 0.3 is 0 Å². The highest BCUT2D eigenvalue weighted by atomic mass is 16.1. The maximum absolute atomic E-state index is 11.2. The van der Waals surface area contributed by atoms with Crippen molar-refractivity contribution >= 4 is 22.5 Å². The molecule has 1 aromatic heterocycles. The topological polar surface area (TPSA) is 47.0 Å². The zero-order valence-electron chi connectivity index (χ0n) is 11.8. The van der Waals surface area contributed by atoms with Gasteiger partial charge in [0.05, 0.1) is 5.52 Å². The summed E-state index contributed by atoms with van der Waals surface area (Å²) in [5.74, 6) is -0.185. The molecule has 1 aliphatic rings. The van der Waals surface area contributed by atoms with Crippen LogP contribution in [0.2, 0.25) is 0 Å². The molecule has 0 unspecified atom stereocenters. The van der Waals surface area contributed by atoms with Gasteiger partial charge in [-0.25, -0.2) is 0 Å². The molecule has 0 saturated carbocycles. The number of fused-ring (bicyclic) bond motifs is 2. The smallest absolute Gasteiger partial charge is 0.186 e. The molecule has 0 radical (unpaired) electrons. The lowest BCUT2D eigenvalue weighted by molar-refractivity contribution is 0.0994. The molecule has 4 rings (SSSR count). The van der Waals surface area contributed by atoms with Crippen LogP contribution in [-0.4, -0.2) is 16.6 Å². The van der Waals surface area contributed by atoms with Crippen molar-refractivity contribution in [1.82, 2.24) is 4.98 Å². The number of para-hydroxylation sites is 1. The normalized spacial score (nSPS) is 12.5. The van der Waals surface area contributed by atoms with E-state index in [1.54, 1.807) is 24.3 Å². The summed E-state index contributed by atoms with van der Waals surface area (Å²) in [6, 6.07) is 18.9. The highest BCUT2D eigenvalue weighted by Gasteiger charge is 2.16. The number of hydrogen-bond donors (Lipinski definition) is 0. The number of allylic oxidation sites excluding steroid dienone is 2. The van der Waals surface area contributed by atoms with E-state index >= 15 is 0 Å². The van der Waals surface area contributed by atoms with Crippen LogP contribution in [0.15, 0.2) is 79.0 Å². The number of aromatic nitrogens is 1. The minimum atomic E-state index is -0.0924. The molecule has 1 aliphatic carbocycles. The fourth-order valence-electron chi connectivity index (χ4n) is 2.26. The molecule has 0 atom stereocenters. The molecule has 2 aromatic carbocycles. The molecule has 0 aliphatic heterocycles. The van der Waals surface area contributed by atoms with Crippen molar-refractivity contribution in [3.8, 4) is 0 Å². The SMILES string of the molecule is O=C1C=CC(=O)c2ccccc21.c1ccc2ncccc2c1. The lowest BCUT2D eigenvalue weighted by Crippen LogP contribution is -2.10. The molecular formula is C19H13NO2. The number of carbonyl (C=O) groups is 2. The number of benzene rings is 2. The molecule has 0 N–H and O–H groups in total. The van der Waals surface area contributed by atoms with Crippen molar-refractivity contribution < 1.29 is 9.59 Å². The second kappa shape index (κ2) is 6.14. The Hall–Kier alpha value is -3.07. The molecular weight excluding hydrogens is 274 g/mol. The van der Waals surface area contributed by atoms with E-state index in [4.69, 9.17) is 0 Å². The first-order chi connectivity index (χ1) is 10.8. The van der Waals surface area contributed by atoms with E-state index in [0.29, 0.717) is 11.1 Å². The predicted octanol–water partition coefficient (Wildman–Crippen LogP) is 3.86. The number of hydrogen-bond acceptors (Lipinski definition) is 3. The second-order valence-corrected chi connectivity index (χ2v) is 4.80. The van der Waals surface area contributed by atoms with Crippen LogP contribution in [0.5, 0.6) is 0 Å². The molecule has 0 fully saturated rings. The Labute approximate surface area is 127 Å². The maximum Gasteiger partial charge on any atom is 0.186 e. The van der Waals surface area contributed by atoms with Gasteiger partial charge in [-0.2, -0.15) is 0 Å². The van der Waals surface area contributed by atoms with Crippen molar-refractivity contribution in [3.63, 3.8) is 0 Å². The average Bonchev–Trinajstić information content (AvgIpc) is 2.59.